The van der Waals surface area contributed by atoms with Gasteiger partial charge in [0.1, 0.15) is 12.7 Å². The van der Waals surface area contributed by atoms with E-state index in [9.17, 15) is 4.79 Å². The quantitative estimate of drug-likeness (QED) is 0.340. The lowest BCUT2D eigenvalue weighted by atomic mass is 10.2. The Morgan fingerprint density at radius 3 is 2.93 bits per heavy atom. The molecule has 0 aliphatic heterocycles. The van der Waals surface area contributed by atoms with Gasteiger partial charge in [-0.1, -0.05) is 0 Å². The summed E-state index contributed by atoms with van der Waals surface area (Å²) in [5, 5.41) is 0. The second kappa shape index (κ2) is 6.69. The van der Waals surface area contributed by atoms with Crippen LogP contribution in [0.15, 0.2) is 18.6 Å². The zero-order valence-corrected chi connectivity index (χ0v) is 10.4. The maximum Gasteiger partial charge on any atom is 0.305 e. The molecule has 1 heterocycles. The smallest absolute Gasteiger partial charge is 0.305 e. The molecule has 5 heteroatoms. The number of methoxy groups -OCH3 is 1. The van der Waals surface area contributed by atoms with Crippen molar-refractivity contribution in [3.63, 3.8) is 0 Å². The van der Waals surface area contributed by atoms with Crippen molar-refractivity contribution < 1.29 is 38.1 Å². The third-order valence-electron chi connectivity index (χ3n) is 1.71. The fraction of sp³-hybridized carbons (Fsp3) is 0.444. The highest BCUT2D eigenvalue weighted by Gasteiger charge is 2.04. The Labute approximate surface area is 100 Å². The van der Waals surface area contributed by atoms with E-state index in [1.54, 1.807) is 6.20 Å². The minimum atomic E-state index is -0.201. The molecule has 0 aromatic carbocycles. The molecule has 78 valence electrons. The summed E-state index contributed by atoms with van der Waals surface area (Å²) in [6.07, 6.45) is 6.46. The number of hydrogen-bond acceptors (Lipinski definition) is 3. The second-order valence-corrected chi connectivity index (χ2v) is 2.79. The van der Waals surface area contributed by atoms with E-state index in [-0.39, 0.29) is 29.9 Å². The van der Waals surface area contributed by atoms with Gasteiger partial charge in [0.05, 0.1) is 19.7 Å². The SMILES string of the molecule is COC(=O)CCc1c[n+](C)ccn1.[I-]. The second-order valence-electron chi connectivity index (χ2n) is 2.79. The van der Waals surface area contributed by atoms with Crippen LogP contribution in [0.25, 0.3) is 0 Å². The van der Waals surface area contributed by atoms with Gasteiger partial charge in [-0.2, -0.15) is 0 Å². The Bertz CT molecular complexity index is 305. The van der Waals surface area contributed by atoms with Crippen molar-refractivity contribution in [1.82, 2.24) is 4.98 Å². The minimum absolute atomic E-state index is 0. The van der Waals surface area contributed by atoms with Crippen molar-refractivity contribution in [2.45, 2.75) is 12.8 Å². The average molecular weight is 308 g/mol. The summed E-state index contributed by atoms with van der Waals surface area (Å²) < 4.78 is 6.43. The van der Waals surface area contributed by atoms with Crippen molar-refractivity contribution in [1.29, 1.82) is 0 Å². The van der Waals surface area contributed by atoms with E-state index in [4.69, 9.17) is 0 Å². The van der Waals surface area contributed by atoms with Gasteiger partial charge in [-0.25, -0.2) is 9.55 Å². The predicted molar refractivity (Wildman–Crippen MR) is 45.8 cm³/mol. The monoisotopic (exact) mass is 308 g/mol. The van der Waals surface area contributed by atoms with Crippen molar-refractivity contribution in [3.05, 3.63) is 24.3 Å². The first-order chi connectivity index (χ1) is 6.22. The molecular weight excluding hydrogens is 295 g/mol. The number of nitrogens with zero attached hydrogens (tertiary/aromatic N) is 2. The maximum atomic E-state index is 10.8. The third kappa shape index (κ3) is 4.50. The lowest BCUT2D eigenvalue weighted by Crippen LogP contribution is -3.00. The number of halogens is 1. The number of hydrogen-bond donors (Lipinski definition) is 0. The van der Waals surface area contributed by atoms with Crippen LogP contribution in [0.4, 0.5) is 0 Å². The first-order valence-corrected chi connectivity index (χ1v) is 4.09. The summed E-state index contributed by atoms with van der Waals surface area (Å²) in [6.45, 7) is 0. The highest BCUT2D eigenvalue weighted by Crippen LogP contribution is 1.96. The predicted octanol–water partition coefficient (Wildman–Crippen LogP) is -2.98. The van der Waals surface area contributed by atoms with E-state index in [0.29, 0.717) is 12.8 Å². The lowest BCUT2D eigenvalue weighted by molar-refractivity contribution is -0.672. The summed E-state index contributed by atoms with van der Waals surface area (Å²) in [5.74, 6) is -0.201. The number of ether oxygens (including phenoxy) is 1. The fourth-order valence-corrected chi connectivity index (χ4v) is 1.01. The van der Waals surface area contributed by atoms with Crippen molar-refractivity contribution in [2.24, 2.45) is 7.05 Å². The van der Waals surface area contributed by atoms with Crippen molar-refractivity contribution in [3.8, 4) is 0 Å². The topological polar surface area (TPSA) is 43.1 Å². The molecule has 14 heavy (non-hydrogen) atoms. The van der Waals surface area contributed by atoms with Gasteiger partial charge in [0.15, 0.2) is 12.4 Å². The molecule has 1 aromatic rings. The zero-order chi connectivity index (χ0) is 9.68. The Kier molecular flexibility index (Phi) is 6.35. The molecule has 0 bridgehead atoms. The third-order valence-corrected chi connectivity index (χ3v) is 1.71. The highest BCUT2D eigenvalue weighted by molar-refractivity contribution is 5.69. The summed E-state index contributed by atoms with van der Waals surface area (Å²) in [6, 6.07) is 0. The van der Waals surface area contributed by atoms with Gasteiger partial charge in [0.25, 0.3) is 0 Å². The van der Waals surface area contributed by atoms with Crippen LogP contribution < -0.4 is 28.5 Å². The molecule has 1 rings (SSSR count). The molecule has 0 atom stereocenters. The van der Waals surface area contributed by atoms with E-state index in [1.165, 1.54) is 7.11 Å². The molecule has 4 nitrogen and oxygen atoms in total. The Morgan fingerprint density at radius 2 is 2.36 bits per heavy atom. The van der Waals surface area contributed by atoms with Crippen LogP contribution in [0.2, 0.25) is 0 Å². The van der Waals surface area contributed by atoms with Crippen LogP contribution in [0.3, 0.4) is 0 Å². The van der Waals surface area contributed by atoms with Gasteiger partial charge in [-0.05, 0) is 0 Å². The molecule has 0 saturated heterocycles. The standard InChI is InChI=1S/C9H13N2O2.HI/c1-11-6-5-10-8(7-11)3-4-9(12)13-2;/h5-7H,3-4H2,1-2H3;1H/q+1;/p-1. The van der Waals surface area contributed by atoms with Gasteiger partial charge in [-0.15, -0.1) is 0 Å². The molecule has 0 amide bonds. The molecular formula is C9H13IN2O2. The number of carbonyl (C=O) groups excluding carboxylic acids is 1. The Balaban J connectivity index is 0.00000169. The van der Waals surface area contributed by atoms with Crippen LogP contribution in [-0.2, 0) is 23.0 Å². The molecule has 0 fully saturated rings. The number of rotatable bonds is 3. The minimum Gasteiger partial charge on any atom is -1.00 e. The maximum absolute atomic E-state index is 10.8. The first kappa shape index (κ1) is 13.3. The summed E-state index contributed by atoms with van der Waals surface area (Å²) in [4.78, 5) is 14.9. The summed E-state index contributed by atoms with van der Waals surface area (Å²) >= 11 is 0. The highest BCUT2D eigenvalue weighted by atomic mass is 127. The van der Waals surface area contributed by atoms with Crippen LogP contribution in [0, 0.1) is 0 Å². The van der Waals surface area contributed by atoms with E-state index in [2.05, 4.69) is 9.72 Å². The molecule has 0 aliphatic carbocycles. The summed E-state index contributed by atoms with van der Waals surface area (Å²) in [5.41, 5.74) is 0.899. The fourth-order valence-electron chi connectivity index (χ4n) is 1.01. The number of aromatic nitrogens is 2. The Hall–Kier alpha value is -0.720. The van der Waals surface area contributed by atoms with Crippen LogP contribution in [-0.4, -0.2) is 18.1 Å². The van der Waals surface area contributed by atoms with Gasteiger partial charge < -0.3 is 28.7 Å². The van der Waals surface area contributed by atoms with E-state index in [1.807, 2.05) is 24.0 Å². The normalized spacial score (nSPS) is 9.00. The lowest BCUT2D eigenvalue weighted by Gasteiger charge is -1.97. The number of esters is 1. The molecule has 0 N–H and O–H groups in total. The zero-order valence-electron chi connectivity index (χ0n) is 8.24. The summed E-state index contributed by atoms with van der Waals surface area (Å²) in [7, 11) is 3.31. The largest absolute Gasteiger partial charge is 1.00 e. The first-order valence-electron chi connectivity index (χ1n) is 4.09. The van der Waals surface area contributed by atoms with Gasteiger partial charge >= 0.3 is 5.97 Å². The van der Waals surface area contributed by atoms with Gasteiger partial charge in [0, 0.05) is 6.42 Å². The van der Waals surface area contributed by atoms with E-state index in [0.717, 1.165) is 5.69 Å². The van der Waals surface area contributed by atoms with Crippen LogP contribution >= 0.6 is 0 Å². The van der Waals surface area contributed by atoms with Crippen LogP contribution in [0.1, 0.15) is 12.1 Å². The molecule has 0 aliphatic rings. The van der Waals surface area contributed by atoms with E-state index >= 15 is 0 Å². The van der Waals surface area contributed by atoms with Gasteiger partial charge in [0.2, 0.25) is 0 Å². The molecule has 0 saturated carbocycles. The molecule has 1 aromatic heterocycles. The van der Waals surface area contributed by atoms with Crippen LogP contribution in [0.5, 0.6) is 0 Å². The molecule has 0 spiro atoms. The number of aryl methyl sites for hydroxylation is 2. The van der Waals surface area contributed by atoms with E-state index < -0.39 is 0 Å². The van der Waals surface area contributed by atoms with Gasteiger partial charge in [-0.3, -0.25) is 4.79 Å². The molecule has 0 radical (unpaired) electrons. The van der Waals surface area contributed by atoms with Crippen molar-refractivity contribution in [2.75, 3.05) is 7.11 Å². The molecule has 0 unspecified atom stereocenters. The Morgan fingerprint density at radius 1 is 1.64 bits per heavy atom. The average Bonchev–Trinajstić information content (AvgIpc) is 2.14. The number of carbonyl (C=O) groups is 1. The van der Waals surface area contributed by atoms with Crippen molar-refractivity contribution >= 4 is 5.97 Å².